The SMILES string of the molecule is [c]1ccccc1SC1CCCC1. The lowest BCUT2D eigenvalue weighted by Crippen LogP contribution is -1.92. The first-order chi connectivity index (χ1) is 5.95. The van der Waals surface area contributed by atoms with Gasteiger partial charge in [0.2, 0.25) is 0 Å². The topological polar surface area (TPSA) is 0 Å². The van der Waals surface area contributed by atoms with E-state index in [1.54, 1.807) is 0 Å². The lowest BCUT2D eigenvalue weighted by Gasteiger charge is -2.06. The van der Waals surface area contributed by atoms with Crippen molar-refractivity contribution in [1.29, 1.82) is 0 Å². The first-order valence-corrected chi connectivity index (χ1v) is 5.46. The second kappa shape index (κ2) is 3.99. The molecule has 0 aromatic heterocycles. The van der Waals surface area contributed by atoms with Crippen molar-refractivity contribution in [3.8, 4) is 0 Å². The van der Waals surface area contributed by atoms with Gasteiger partial charge in [-0.05, 0) is 25.0 Å². The molecule has 0 amide bonds. The van der Waals surface area contributed by atoms with Crippen LogP contribution in [0.4, 0.5) is 0 Å². The number of hydrogen-bond donors (Lipinski definition) is 0. The Labute approximate surface area is 78.4 Å². The molecule has 0 heterocycles. The van der Waals surface area contributed by atoms with E-state index in [0.29, 0.717) is 0 Å². The number of rotatable bonds is 2. The average molecular weight is 177 g/mol. The molecule has 2 rings (SSSR count). The summed E-state index contributed by atoms with van der Waals surface area (Å²) in [5, 5.41) is 0.864. The summed E-state index contributed by atoms with van der Waals surface area (Å²) in [4.78, 5) is 1.31. The van der Waals surface area contributed by atoms with Crippen molar-refractivity contribution >= 4 is 11.8 Å². The molecule has 0 N–H and O–H groups in total. The fourth-order valence-corrected chi connectivity index (χ4v) is 2.86. The molecule has 1 aliphatic rings. The third-order valence-electron chi connectivity index (χ3n) is 2.28. The highest BCUT2D eigenvalue weighted by Crippen LogP contribution is 2.33. The Morgan fingerprint density at radius 1 is 1.25 bits per heavy atom. The van der Waals surface area contributed by atoms with E-state index in [-0.39, 0.29) is 0 Å². The molecule has 1 radical (unpaired) electrons. The summed E-state index contributed by atoms with van der Waals surface area (Å²) in [6.07, 6.45) is 5.63. The zero-order valence-electron chi connectivity index (χ0n) is 7.12. The van der Waals surface area contributed by atoms with E-state index in [1.165, 1.54) is 30.6 Å². The zero-order valence-corrected chi connectivity index (χ0v) is 7.94. The van der Waals surface area contributed by atoms with Crippen LogP contribution in [0.2, 0.25) is 0 Å². The van der Waals surface area contributed by atoms with E-state index in [9.17, 15) is 0 Å². The lowest BCUT2D eigenvalue weighted by atomic mass is 10.4. The molecule has 0 atom stereocenters. The van der Waals surface area contributed by atoms with Crippen molar-refractivity contribution in [2.45, 2.75) is 35.8 Å². The van der Waals surface area contributed by atoms with Gasteiger partial charge in [0.15, 0.2) is 0 Å². The molecular weight excluding hydrogens is 164 g/mol. The van der Waals surface area contributed by atoms with Crippen LogP contribution in [0.3, 0.4) is 0 Å². The molecule has 1 heteroatoms. The molecule has 0 bridgehead atoms. The van der Waals surface area contributed by atoms with Crippen LogP contribution in [-0.4, -0.2) is 5.25 Å². The Morgan fingerprint density at radius 3 is 2.75 bits per heavy atom. The predicted octanol–water partition coefficient (Wildman–Crippen LogP) is 3.52. The van der Waals surface area contributed by atoms with Gasteiger partial charge in [-0.25, -0.2) is 0 Å². The largest absolute Gasteiger partial charge is 0.122 e. The van der Waals surface area contributed by atoms with Gasteiger partial charge in [0, 0.05) is 10.1 Å². The molecule has 0 unspecified atom stereocenters. The molecule has 0 aliphatic heterocycles. The van der Waals surface area contributed by atoms with Crippen LogP contribution in [0.25, 0.3) is 0 Å². The van der Waals surface area contributed by atoms with Crippen LogP contribution in [0.5, 0.6) is 0 Å². The van der Waals surface area contributed by atoms with E-state index in [4.69, 9.17) is 0 Å². The lowest BCUT2D eigenvalue weighted by molar-refractivity contribution is 0.886. The van der Waals surface area contributed by atoms with E-state index in [1.807, 2.05) is 23.9 Å². The molecule has 0 saturated heterocycles. The molecule has 1 aromatic carbocycles. The highest BCUT2D eigenvalue weighted by molar-refractivity contribution is 8.00. The summed E-state index contributed by atoms with van der Waals surface area (Å²) in [5.41, 5.74) is 0. The standard InChI is InChI=1S/C11H13S/c1-2-6-10(7-3-1)12-11-8-4-5-9-11/h1-3,6,11H,4-5,8-9H2. The van der Waals surface area contributed by atoms with E-state index in [0.717, 1.165) is 5.25 Å². The fraction of sp³-hybridized carbons (Fsp3) is 0.455. The molecule has 12 heavy (non-hydrogen) atoms. The molecule has 1 aliphatic carbocycles. The number of thioether (sulfide) groups is 1. The second-order valence-electron chi connectivity index (χ2n) is 3.25. The van der Waals surface area contributed by atoms with Gasteiger partial charge in [-0.1, -0.05) is 31.0 Å². The van der Waals surface area contributed by atoms with Gasteiger partial charge < -0.3 is 0 Å². The third-order valence-corrected chi connectivity index (χ3v) is 3.59. The van der Waals surface area contributed by atoms with Crippen molar-refractivity contribution in [2.75, 3.05) is 0 Å². The number of benzene rings is 1. The summed E-state index contributed by atoms with van der Waals surface area (Å²) in [5.74, 6) is 0. The minimum Gasteiger partial charge on any atom is -0.122 e. The Hall–Kier alpha value is -0.430. The Balaban J connectivity index is 1.94. The van der Waals surface area contributed by atoms with Crippen molar-refractivity contribution in [3.63, 3.8) is 0 Å². The van der Waals surface area contributed by atoms with Gasteiger partial charge in [-0.3, -0.25) is 0 Å². The summed E-state index contributed by atoms with van der Waals surface area (Å²) in [6, 6.07) is 11.5. The van der Waals surface area contributed by atoms with Crippen molar-refractivity contribution < 1.29 is 0 Å². The second-order valence-corrected chi connectivity index (χ2v) is 4.59. The summed E-state index contributed by atoms with van der Waals surface area (Å²) >= 11 is 2.00. The van der Waals surface area contributed by atoms with E-state index >= 15 is 0 Å². The van der Waals surface area contributed by atoms with Crippen molar-refractivity contribution in [1.82, 2.24) is 0 Å². The van der Waals surface area contributed by atoms with Crippen molar-refractivity contribution in [3.05, 3.63) is 30.3 Å². The van der Waals surface area contributed by atoms with Gasteiger partial charge in [-0.15, -0.1) is 11.8 Å². The predicted molar refractivity (Wildman–Crippen MR) is 53.4 cm³/mol. The Kier molecular flexibility index (Phi) is 2.72. The van der Waals surface area contributed by atoms with Crippen molar-refractivity contribution in [2.24, 2.45) is 0 Å². The van der Waals surface area contributed by atoms with Gasteiger partial charge in [0.25, 0.3) is 0 Å². The Bertz CT molecular complexity index is 224. The first kappa shape index (κ1) is 8.18. The minimum absolute atomic E-state index is 0.864. The highest BCUT2D eigenvalue weighted by atomic mass is 32.2. The molecular formula is C11H13S. The maximum atomic E-state index is 3.26. The molecule has 1 fully saturated rings. The fourth-order valence-electron chi connectivity index (χ4n) is 1.64. The quantitative estimate of drug-likeness (QED) is 0.666. The van der Waals surface area contributed by atoms with Gasteiger partial charge in [0.1, 0.15) is 0 Å². The zero-order chi connectivity index (χ0) is 8.23. The van der Waals surface area contributed by atoms with Gasteiger partial charge in [0.05, 0.1) is 0 Å². The maximum absolute atomic E-state index is 3.26. The smallest absolute Gasteiger partial charge is 0.0154 e. The Morgan fingerprint density at radius 2 is 2.08 bits per heavy atom. The number of hydrogen-bond acceptors (Lipinski definition) is 1. The molecule has 63 valence electrons. The summed E-state index contributed by atoms with van der Waals surface area (Å²) in [7, 11) is 0. The van der Waals surface area contributed by atoms with Gasteiger partial charge >= 0.3 is 0 Å². The van der Waals surface area contributed by atoms with Crippen LogP contribution in [0.1, 0.15) is 25.7 Å². The van der Waals surface area contributed by atoms with E-state index in [2.05, 4.69) is 18.2 Å². The first-order valence-electron chi connectivity index (χ1n) is 4.58. The maximum Gasteiger partial charge on any atom is 0.0154 e. The monoisotopic (exact) mass is 177 g/mol. The van der Waals surface area contributed by atoms with Crippen LogP contribution in [0, 0.1) is 6.07 Å². The third kappa shape index (κ3) is 2.04. The normalized spacial score (nSPS) is 18.3. The van der Waals surface area contributed by atoms with Crippen LogP contribution in [0.15, 0.2) is 29.2 Å². The summed E-state index contributed by atoms with van der Waals surface area (Å²) in [6.45, 7) is 0. The molecule has 0 spiro atoms. The van der Waals surface area contributed by atoms with Crippen LogP contribution < -0.4 is 0 Å². The molecule has 1 saturated carbocycles. The van der Waals surface area contributed by atoms with E-state index < -0.39 is 0 Å². The van der Waals surface area contributed by atoms with Gasteiger partial charge in [-0.2, -0.15) is 0 Å². The summed E-state index contributed by atoms with van der Waals surface area (Å²) < 4.78 is 0. The van der Waals surface area contributed by atoms with Crippen LogP contribution in [-0.2, 0) is 0 Å². The van der Waals surface area contributed by atoms with Crippen LogP contribution >= 0.6 is 11.8 Å². The highest BCUT2D eigenvalue weighted by Gasteiger charge is 2.15. The average Bonchev–Trinajstić information content (AvgIpc) is 2.59. The molecule has 1 aromatic rings. The minimum atomic E-state index is 0.864. The molecule has 0 nitrogen and oxygen atoms in total.